The molecule has 4 heteroatoms. The molecule has 2 heterocycles. The van der Waals surface area contributed by atoms with E-state index in [1.165, 1.54) is 17.7 Å². The maximum Gasteiger partial charge on any atom is 0.241 e. The Morgan fingerprint density at radius 2 is 2.29 bits per heavy atom. The first-order chi connectivity index (χ1) is 8.18. The van der Waals surface area contributed by atoms with Gasteiger partial charge in [0.2, 0.25) is 5.91 Å². The first kappa shape index (κ1) is 11.2. The van der Waals surface area contributed by atoms with Gasteiger partial charge in [-0.3, -0.25) is 10.1 Å². The van der Waals surface area contributed by atoms with Gasteiger partial charge in [0.1, 0.15) is 6.17 Å². The molecule has 3 unspecified atom stereocenters. The summed E-state index contributed by atoms with van der Waals surface area (Å²) in [6, 6.07) is 4.48. The van der Waals surface area contributed by atoms with Gasteiger partial charge in [0.05, 0.1) is 6.04 Å². The fraction of sp³-hybridized carbons (Fsp3) is 0.615. The van der Waals surface area contributed by atoms with E-state index in [0.717, 1.165) is 0 Å². The van der Waals surface area contributed by atoms with E-state index in [2.05, 4.69) is 34.7 Å². The Hall–Kier alpha value is -0.870. The van der Waals surface area contributed by atoms with Crippen LogP contribution in [0.3, 0.4) is 0 Å². The van der Waals surface area contributed by atoms with Crippen LogP contribution in [0.1, 0.15) is 37.7 Å². The Bertz CT molecular complexity index is 413. The SMILES string of the molecule is CC1NC(c2cccs2)N(C(C)C2CC2)C1=O. The van der Waals surface area contributed by atoms with Gasteiger partial charge >= 0.3 is 0 Å². The molecule has 0 radical (unpaired) electrons. The Labute approximate surface area is 106 Å². The van der Waals surface area contributed by atoms with E-state index >= 15 is 0 Å². The number of amides is 1. The Kier molecular flexibility index (Phi) is 2.71. The highest BCUT2D eigenvalue weighted by Gasteiger charge is 2.44. The standard InChI is InChI=1S/C13H18N2OS/c1-8-13(16)15(9(2)10-5-6-10)12(14-8)11-4-3-7-17-11/h3-4,7-10,12,14H,5-6H2,1-2H3. The molecule has 1 amide bonds. The molecule has 2 fully saturated rings. The molecule has 1 saturated carbocycles. The van der Waals surface area contributed by atoms with Gasteiger partial charge in [-0.25, -0.2) is 0 Å². The lowest BCUT2D eigenvalue weighted by atomic mass is 10.1. The largest absolute Gasteiger partial charge is 0.318 e. The van der Waals surface area contributed by atoms with Crippen molar-refractivity contribution in [3.8, 4) is 0 Å². The summed E-state index contributed by atoms with van der Waals surface area (Å²) >= 11 is 1.72. The van der Waals surface area contributed by atoms with Crippen LogP contribution in [-0.4, -0.2) is 22.9 Å². The first-order valence-electron chi connectivity index (χ1n) is 6.30. The molecule has 3 atom stereocenters. The van der Waals surface area contributed by atoms with Crippen molar-refractivity contribution in [3.05, 3.63) is 22.4 Å². The number of thiophene rings is 1. The zero-order chi connectivity index (χ0) is 12.0. The third-order valence-electron chi connectivity index (χ3n) is 3.87. The summed E-state index contributed by atoms with van der Waals surface area (Å²) in [6.07, 6.45) is 2.64. The van der Waals surface area contributed by atoms with Gasteiger partial charge in [0.15, 0.2) is 0 Å². The van der Waals surface area contributed by atoms with Crippen molar-refractivity contribution in [2.75, 3.05) is 0 Å². The van der Waals surface area contributed by atoms with Crippen LogP contribution in [0.4, 0.5) is 0 Å². The normalized spacial score (nSPS) is 30.9. The third-order valence-corrected chi connectivity index (χ3v) is 4.79. The molecule has 0 spiro atoms. The van der Waals surface area contributed by atoms with Crippen molar-refractivity contribution in [1.82, 2.24) is 10.2 Å². The van der Waals surface area contributed by atoms with Crippen molar-refractivity contribution in [1.29, 1.82) is 0 Å². The number of hydrogen-bond donors (Lipinski definition) is 1. The fourth-order valence-corrected chi connectivity index (χ4v) is 3.43. The predicted octanol–water partition coefficient (Wildman–Crippen LogP) is 2.37. The molecule has 0 aromatic carbocycles. The van der Waals surface area contributed by atoms with Crippen LogP contribution in [0.15, 0.2) is 17.5 Å². The topological polar surface area (TPSA) is 32.3 Å². The Balaban J connectivity index is 1.88. The van der Waals surface area contributed by atoms with Gasteiger partial charge in [-0.1, -0.05) is 6.07 Å². The molecule has 3 nitrogen and oxygen atoms in total. The summed E-state index contributed by atoms with van der Waals surface area (Å²) in [5.74, 6) is 0.969. The second-order valence-corrected chi connectivity index (χ2v) is 6.11. The van der Waals surface area contributed by atoms with Crippen molar-refractivity contribution >= 4 is 17.2 Å². The summed E-state index contributed by atoms with van der Waals surface area (Å²) in [5.41, 5.74) is 0. The lowest BCUT2D eigenvalue weighted by Gasteiger charge is -2.30. The van der Waals surface area contributed by atoms with E-state index in [9.17, 15) is 4.79 Å². The molecule has 0 bridgehead atoms. The molecule has 1 aliphatic carbocycles. The summed E-state index contributed by atoms with van der Waals surface area (Å²) < 4.78 is 0. The second kappa shape index (κ2) is 4.10. The average molecular weight is 250 g/mol. The number of rotatable bonds is 3. The Morgan fingerprint density at radius 1 is 1.53 bits per heavy atom. The molecule has 1 aromatic heterocycles. The Morgan fingerprint density at radius 3 is 2.88 bits per heavy atom. The highest BCUT2D eigenvalue weighted by atomic mass is 32.1. The quantitative estimate of drug-likeness (QED) is 0.893. The zero-order valence-corrected chi connectivity index (χ0v) is 11.0. The highest BCUT2D eigenvalue weighted by molar-refractivity contribution is 7.10. The fourth-order valence-electron chi connectivity index (χ4n) is 2.65. The van der Waals surface area contributed by atoms with Crippen LogP contribution in [-0.2, 0) is 4.79 Å². The van der Waals surface area contributed by atoms with Gasteiger partial charge in [-0.15, -0.1) is 11.3 Å². The molecule has 1 aromatic rings. The number of nitrogens with one attached hydrogen (secondary N) is 1. The van der Waals surface area contributed by atoms with Crippen LogP contribution >= 0.6 is 11.3 Å². The van der Waals surface area contributed by atoms with Gasteiger partial charge in [-0.05, 0) is 44.1 Å². The van der Waals surface area contributed by atoms with Crippen molar-refractivity contribution in [2.24, 2.45) is 5.92 Å². The van der Waals surface area contributed by atoms with E-state index < -0.39 is 0 Å². The molecule has 2 aliphatic rings. The second-order valence-electron chi connectivity index (χ2n) is 5.13. The summed E-state index contributed by atoms with van der Waals surface area (Å²) in [5, 5.41) is 5.48. The molecule has 1 aliphatic heterocycles. The number of carbonyl (C=O) groups excluding carboxylic acids is 1. The maximum absolute atomic E-state index is 12.3. The van der Waals surface area contributed by atoms with E-state index in [1.807, 2.05) is 6.92 Å². The average Bonchev–Trinajstić information content (AvgIpc) is 2.94. The minimum Gasteiger partial charge on any atom is -0.318 e. The predicted molar refractivity (Wildman–Crippen MR) is 68.7 cm³/mol. The van der Waals surface area contributed by atoms with Crippen LogP contribution < -0.4 is 5.32 Å². The highest BCUT2D eigenvalue weighted by Crippen LogP contribution is 2.40. The molecular formula is C13H18N2OS. The summed E-state index contributed by atoms with van der Waals surface area (Å²) in [4.78, 5) is 15.6. The number of carbonyl (C=O) groups is 1. The molecule has 3 rings (SSSR count). The lowest BCUT2D eigenvalue weighted by molar-refractivity contribution is -0.132. The van der Waals surface area contributed by atoms with Crippen LogP contribution in [0, 0.1) is 5.92 Å². The smallest absolute Gasteiger partial charge is 0.241 e. The van der Waals surface area contributed by atoms with Crippen LogP contribution in [0.2, 0.25) is 0 Å². The molecule has 1 saturated heterocycles. The van der Waals surface area contributed by atoms with E-state index in [-0.39, 0.29) is 18.1 Å². The number of nitrogens with zero attached hydrogens (tertiary/aromatic N) is 1. The number of hydrogen-bond acceptors (Lipinski definition) is 3. The monoisotopic (exact) mass is 250 g/mol. The van der Waals surface area contributed by atoms with E-state index in [1.54, 1.807) is 11.3 Å². The van der Waals surface area contributed by atoms with Gasteiger partial charge in [0.25, 0.3) is 0 Å². The summed E-state index contributed by atoms with van der Waals surface area (Å²) in [7, 11) is 0. The van der Waals surface area contributed by atoms with E-state index in [4.69, 9.17) is 0 Å². The zero-order valence-electron chi connectivity index (χ0n) is 10.2. The molecular weight excluding hydrogens is 232 g/mol. The van der Waals surface area contributed by atoms with Crippen LogP contribution in [0.25, 0.3) is 0 Å². The summed E-state index contributed by atoms with van der Waals surface area (Å²) in [6.45, 7) is 4.15. The van der Waals surface area contributed by atoms with E-state index in [0.29, 0.717) is 12.0 Å². The minimum atomic E-state index is -0.0525. The lowest BCUT2D eigenvalue weighted by Crippen LogP contribution is -2.39. The van der Waals surface area contributed by atoms with Crippen molar-refractivity contribution in [2.45, 2.75) is 44.9 Å². The molecule has 17 heavy (non-hydrogen) atoms. The van der Waals surface area contributed by atoms with Crippen molar-refractivity contribution in [3.63, 3.8) is 0 Å². The molecule has 1 N–H and O–H groups in total. The third kappa shape index (κ3) is 1.89. The van der Waals surface area contributed by atoms with Gasteiger partial charge in [-0.2, -0.15) is 0 Å². The van der Waals surface area contributed by atoms with Crippen molar-refractivity contribution < 1.29 is 4.79 Å². The van der Waals surface area contributed by atoms with Gasteiger partial charge < -0.3 is 4.90 Å². The molecule has 92 valence electrons. The van der Waals surface area contributed by atoms with Gasteiger partial charge in [0, 0.05) is 10.9 Å². The first-order valence-corrected chi connectivity index (χ1v) is 7.18. The minimum absolute atomic E-state index is 0.0525. The van der Waals surface area contributed by atoms with Crippen LogP contribution in [0.5, 0.6) is 0 Å². The maximum atomic E-state index is 12.3.